The van der Waals surface area contributed by atoms with Crippen molar-refractivity contribution < 1.29 is 4.74 Å². The van der Waals surface area contributed by atoms with Gasteiger partial charge < -0.3 is 10.1 Å². The molecule has 2 aliphatic rings. The molecule has 1 unspecified atom stereocenters. The third-order valence-electron chi connectivity index (χ3n) is 3.28. The van der Waals surface area contributed by atoms with Gasteiger partial charge >= 0.3 is 0 Å². The summed E-state index contributed by atoms with van der Waals surface area (Å²) < 4.78 is 5.87. The van der Waals surface area contributed by atoms with E-state index in [0.29, 0.717) is 11.3 Å². The molecule has 0 aromatic carbocycles. The molecule has 0 aromatic heterocycles. The highest BCUT2D eigenvalue weighted by atomic mass is 16.5. The first kappa shape index (κ1) is 9.44. The smallest absolute Gasteiger partial charge is 0.144 e. The topological polar surface area (TPSA) is 33.3 Å². The summed E-state index contributed by atoms with van der Waals surface area (Å²) >= 11 is 0. The van der Waals surface area contributed by atoms with E-state index in [1.807, 2.05) is 0 Å². The molecule has 2 saturated heterocycles. The Morgan fingerprint density at radius 2 is 2.00 bits per heavy atom. The predicted molar refractivity (Wildman–Crippen MR) is 52.5 cm³/mol. The molecule has 3 nitrogen and oxygen atoms in total. The minimum Gasteiger partial charge on any atom is -0.358 e. The van der Waals surface area contributed by atoms with E-state index in [9.17, 15) is 0 Å². The van der Waals surface area contributed by atoms with Crippen LogP contribution in [0.2, 0.25) is 0 Å². The first-order valence-electron chi connectivity index (χ1n) is 5.12. The maximum atomic E-state index is 5.87. The van der Waals surface area contributed by atoms with Crippen molar-refractivity contribution in [1.82, 2.24) is 10.6 Å². The monoisotopic (exact) mass is 184 g/mol. The highest BCUT2D eigenvalue weighted by molar-refractivity contribution is 4.96. The quantitative estimate of drug-likeness (QED) is 0.577. The van der Waals surface area contributed by atoms with Crippen LogP contribution in [0.1, 0.15) is 20.8 Å². The van der Waals surface area contributed by atoms with E-state index in [1.165, 1.54) is 0 Å². The van der Waals surface area contributed by atoms with E-state index in [0.717, 1.165) is 26.2 Å². The number of hydrogen-bond acceptors (Lipinski definition) is 3. The normalized spacial score (nSPS) is 33.0. The maximum absolute atomic E-state index is 5.87. The highest BCUT2D eigenvalue weighted by Gasteiger charge is 2.43. The second-order valence-corrected chi connectivity index (χ2v) is 5.35. The number of hydrogen-bond donors (Lipinski definition) is 2. The molecular formula is C10H20N2O. The molecule has 0 aromatic rings. The molecule has 0 saturated carbocycles. The number of nitrogens with one attached hydrogen (secondary N) is 2. The van der Waals surface area contributed by atoms with Crippen LogP contribution in [-0.2, 0) is 4.74 Å². The molecule has 0 bridgehead atoms. The van der Waals surface area contributed by atoms with Crippen molar-refractivity contribution in [1.29, 1.82) is 0 Å². The molecule has 1 spiro atoms. The summed E-state index contributed by atoms with van der Waals surface area (Å²) in [4.78, 5) is 0. The van der Waals surface area contributed by atoms with Crippen molar-refractivity contribution >= 4 is 0 Å². The Kier molecular flexibility index (Phi) is 2.13. The summed E-state index contributed by atoms with van der Waals surface area (Å²) in [5.74, 6) is 0.638. The first-order valence-corrected chi connectivity index (χ1v) is 5.12. The summed E-state index contributed by atoms with van der Waals surface area (Å²) in [6, 6.07) is 0. The summed E-state index contributed by atoms with van der Waals surface area (Å²) in [6.45, 7) is 10.7. The van der Waals surface area contributed by atoms with Crippen LogP contribution in [0, 0.1) is 11.3 Å². The largest absolute Gasteiger partial charge is 0.358 e. The number of ether oxygens (including phenoxy) is 1. The van der Waals surface area contributed by atoms with Gasteiger partial charge in [0.25, 0.3) is 0 Å². The van der Waals surface area contributed by atoms with E-state index in [1.54, 1.807) is 0 Å². The Morgan fingerprint density at radius 1 is 1.31 bits per heavy atom. The highest BCUT2D eigenvalue weighted by Crippen LogP contribution is 2.30. The molecule has 0 radical (unpaired) electrons. The summed E-state index contributed by atoms with van der Waals surface area (Å²) in [7, 11) is 0. The van der Waals surface area contributed by atoms with Crippen molar-refractivity contribution in [2.75, 3.05) is 26.2 Å². The predicted octanol–water partition coefficient (Wildman–Crippen LogP) is 0.568. The Bertz CT molecular complexity index is 184. The van der Waals surface area contributed by atoms with Gasteiger partial charge in [0, 0.05) is 19.6 Å². The zero-order chi connectivity index (χ0) is 9.53. The van der Waals surface area contributed by atoms with Crippen LogP contribution in [0.5, 0.6) is 0 Å². The van der Waals surface area contributed by atoms with Gasteiger partial charge in [-0.1, -0.05) is 20.8 Å². The molecule has 2 heterocycles. The van der Waals surface area contributed by atoms with Crippen molar-refractivity contribution in [3.63, 3.8) is 0 Å². The molecule has 1 atom stereocenters. The van der Waals surface area contributed by atoms with E-state index in [2.05, 4.69) is 31.4 Å². The molecule has 76 valence electrons. The van der Waals surface area contributed by atoms with Crippen LogP contribution >= 0.6 is 0 Å². The Labute approximate surface area is 80.2 Å². The zero-order valence-electron chi connectivity index (χ0n) is 8.81. The van der Waals surface area contributed by atoms with E-state index >= 15 is 0 Å². The lowest BCUT2D eigenvalue weighted by molar-refractivity contribution is -0.156. The molecule has 13 heavy (non-hydrogen) atoms. The van der Waals surface area contributed by atoms with Gasteiger partial charge in [0.1, 0.15) is 5.72 Å². The third kappa shape index (κ3) is 1.73. The summed E-state index contributed by atoms with van der Waals surface area (Å²) in [5, 5.41) is 6.74. The molecule has 2 fully saturated rings. The van der Waals surface area contributed by atoms with E-state index in [4.69, 9.17) is 4.74 Å². The van der Waals surface area contributed by atoms with Gasteiger partial charge in [0.05, 0.1) is 6.61 Å². The SMILES string of the molecule is CC(C)(C)C1CNC2(CNC2)OC1. The first-order chi connectivity index (χ1) is 6.02. The van der Waals surface area contributed by atoms with Crippen molar-refractivity contribution in [3.05, 3.63) is 0 Å². The van der Waals surface area contributed by atoms with Crippen LogP contribution in [0.3, 0.4) is 0 Å². The van der Waals surface area contributed by atoms with Crippen LogP contribution in [0.4, 0.5) is 0 Å². The Balaban J connectivity index is 1.89. The van der Waals surface area contributed by atoms with Gasteiger partial charge in [-0.25, -0.2) is 0 Å². The Morgan fingerprint density at radius 3 is 2.31 bits per heavy atom. The van der Waals surface area contributed by atoms with Gasteiger partial charge in [0.2, 0.25) is 0 Å². The lowest BCUT2D eigenvalue weighted by atomic mass is 9.80. The molecule has 0 amide bonds. The van der Waals surface area contributed by atoms with Crippen molar-refractivity contribution in [3.8, 4) is 0 Å². The Hall–Kier alpha value is -0.120. The van der Waals surface area contributed by atoms with E-state index < -0.39 is 0 Å². The van der Waals surface area contributed by atoms with Crippen LogP contribution in [0.15, 0.2) is 0 Å². The van der Waals surface area contributed by atoms with Crippen molar-refractivity contribution in [2.45, 2.75) is 26.5 Å². The van der Waals surface area contributed by atoms with Gasteiger partial charge in [-0.2, -0.15) is 0 Å². The standard InChI is InChI=1S/C10H20N2O/c1-9(2,3)8-4-12-10(13-5-8)6-11-7-10/h8,11-12H,4-7H2,1-3H3. The van der Waals surface area contributed by atoms with Crippen LogP contribution < -0.4 is 10.6 Å². The average Bonchev–Trinajstić information content (AvgIpc) is 2.00. The fourth-order valence-corrected chi connectivity index (χ4v) is 1.81. The van der Waals surface area contributed by atoms with Crippen LogP contribution in [0.25, 0.3) is 0 Å². The molecule has 0 aliphatic carbocycles. The fourth-order valence-electron chi connectivity index (χ4n) is 1.81. The lowest BCUT2D eigenvalue weighted by Gasteiger charge is -2.49. The van der Waals surface area contributed by atoms with Crippen molar-refractivity contribution in [2.24, 2.45) is 11.3 Å². The molecule has 2 rings (SSSR count). The molecule has 2 aliphatic heterocycles. The average molecular weight is 184 g/mol. The number of rotatable bonds is 0. The molecule has 3 heteroatoms. The maximum Gasteiger partial charge on any atom is 0.144 e. The molecule has 2 N–H and O–H groups in total. The summed E-state index contributed by atoms with van der Waals surface area (Å²) in [6.07, 6.45) is 0. The van der Waals surface area contributed by atoms with Gasteiger partial charge in [0.15, 0.2) is 0 Å². The van der Waals surface area contributed by atoms with E-state index in [-0.39, 0.29) is 5.72 Å². The second-order valence-electron chi connectivity index (χ2n) is 5.35. The van der Waals surface area contributed by atoms with Crippen LogP contribution in [-0.4, -0.2) is 32.0 Å². The summed E-state index contributed by atoms with van der Waals surface area (Å²) in [5.41, 5.74) is 0.341. The van der Waals surface area contributed by atoms with Gasteiger partial charge in [-0.3, -0.25) is 5.32 Å². The third-order valence-corrected chi connectivity index (χ3v) is 3.28. The molecular weight excluding hydrogens is 164 g/mol. The fraction of sp³-hybridized carbons (Fsp3) is 1.00. The zero-order valence-corrected chi connectivity index (χ0v) is 8.81. The minimum atomic E-state index is -0.0122. The minimum absolute atomic E-state index is 0.0122. The van der Waals surface area contributed by atoms with Gasteiger partial charge in [-0.05, 0) is 11.3 Å². The second kappa shape index (κ2) is 2.94. The lowest BCUT2D eigenvalue weighted by Crippen LogP contribution is -2.72. The van der Waals surface area contributed by atoms with Gasteiger partial charge in [-0.15, -0.1) is 0 Å².